The minimum Gasteiger partial charge on any atom is -0.336 e. The van der Waals surface area contributed by atoms with E-state index >= 15 is 0 Å². The average Bonchev–Trinajstić information content (AvgIpc) is 3.07. The van der Waals surface area contributed by atoms with Crippen molar-refractivity contribution in [1.82, 2.24) is 20.0 Å². The lowest BCUT2D eigenvalue weighted by atomic mass is 9.88. The normalized spacial score (nSPS) is 24.5. The third-order valence-corrected chi connectivity index (χ3v) is 7.17. The highest BCUT2D eigenvalue weighted by Gasteiger charge is 2.32. The van der Waals surface area contributed by atoms with E-state index in [0.717, 1.165) is 49.7 Å². The quantitative estimate of drug-likeness (QED) is 0.878. The van der Waals surface area contributed by atoms with Gasteiger partial charge in [-0.25, -0.2) is 0 Å². The van der Waals surface area contributed by atoms with Crippen LogP contribution in [0.5, 0.6) is 0 Å². The zero-order valence-electron chi connectivity index (χ0n) is 16.0. The molecule has 4 rings (SSSR count). The summed E-state index contributed by atoms with van der Waals surface area (Å²) in [4.78, 5) is 15.1. The molecule has 1 amide bonds. The van der Waals surface area contributed by atoms with Gasteiger partial charge in [0.25, 0.3) is 5.91 Å². The molecule has 1 aliphatic heterocycles. The summed E-state index contributed by atoms with van der Waals surface area (Å²) in [6.07, 6.45) is 9.93. The summed E-state index contributed by atoms with van der Waals surface area (Å²) in [5.41, 5.74) is 3.28. The van der Waals surface area contributed by atoms with Crippen LogP contribution in [0.25, 0.3) is 0 Å². The number of fused-ring (bicyclic) bond motifs is 1. The number of hydrogen-bond donors (Lipinski definition) is 1. The van der Waals surface area contributed by atoms with Crippen LogP contribution in [0.1, 0.15) is 67.2 Å². The Morgan fingerprint density at radius 1 is 1.15 bits per heavy atom. The molecular formula is C20H32N4OS. The molecule has 1 atom stereocenters. The second kappa shape index (κ2) is 8.34. The van der Waals surface area contributed by atoms with Gasteiger partial charge in [-0.1, -0.05) is 19.3 Å². The highest BCUT2D eigenvalue weighted by Crippen LogP contribution is 2.28. The maximum Gasteiger partial charge on any atom is 0.274 e. The largest absolute Gasteiger partial charge is 0.336 e. The van der Waals surface area contributed by atoms with E-state index < -0.39 is 0 Å². The van der Waals surface area contributed by atoms with E-state index in [4.69, 9.17) is 5.10 Å². The van der Waals surface area contributed by atoms with Crippen molar-refractivity contribution >= 4 is 17.7 Å². The van der Waals surface area contributed by atoms with Crippen molar-refractivity contribution in [2.45, 2.75) is 76.9 Å². The van der Waals surface area contributed by atoms with Crippen LogP contribution in [-0.2, 0) is 19.4 Å². The van der Waals surface area contributed by atoms with Crippen molar-refractivity contribution in [1.29, 1.82) is 0 Å². The number of carbonyl (C=O) groups is 1. The minimum absolute atomic E-state index is 0.159. The summed E-state index contributed by atoms with van der Waals surface area (Å²) in [7, 11) is 0. The van der Waals surface area contributed by atoms with Crippen LogP contribution in [0.15, 0.2) is 0 Å². The van der Waals surface area contributed by atoms with E-state index in [1.165, 1.54) is 49.8 Å². The molecule has 0 bridgehead atoms. The van der Waals surface area contributed by atoms with Gasteiger partial charge in [0.05, 0.1) is 0 Å². The van der Waals surface area contributed by atoms with Gasteiger partial charge in [0.1, 0.15) is 0 Å². The van der Waals surface area contributed by atoms with Crippen LogP contribution < -0.4 is 5.32 Å². The Bertz CT molecular complexity index is 632. The Morgan fingerprint density at radius 3 is 2.65 bits per heavy atom. The first kappa shape index (κ1) is 18.4. The van der Waals surface area contributed by atoms with Crippen molar-refractivity contribution in [2.24, 2.45) is 0 Å². The molecule has 3 aliphatic rings. The fraction of sp³-hybridized carbons (Fsp3) is 0.800. The minimum atomic E-state index is 0.159. The number of nitrogens with one attached hydrogen (secondary N) is 1. The summed E-state index contributed by atoms with van der Waals surface area (Å²) >= 11 is 1.94. The Kier molecular flexibility index (Phi) is 5.89. The number of carbonyl (C=O) groups excluding carboxylic acids is 1. The molecule has 144 valence electrons. The molecule has 1 aromatic rings. The molecule has 6 heteroatoms. The average molecular weight is 377 g/mol. The maximum absolute atomic E-state index is 13.1. The van der Waals surface area contributed by atoms with Gasteiger partial charge in [-0.2, -0.15) is 16.9 Å². The standard InChI is InChI=1S/C20H32N4OS/c1-2-24-18-9-8-16(21-15-6-4-3-5-7-15)14-17(18)19(22-24)20(25)23-10-12-26-13-11-23/h15-16,21H,2-14H2,1H3/t16-/m1/s1. The second-order valence-corrected chi connectivity index (χ2v) is 9.16. The van der Waals surface area contributed by atoms with Gasteiger partial charge >= 0.3 is 0 Å². The molecule has 2 aliphatic carbocycles. The lowest BCUT2D eigenvalue weighted by Gasteiger charge is -2.31. The highest BCUT2D eigenvalue weighted by atomic mass is 32.2. The molecule has 0 spiro atoms. The molecule has 2 heterocycles. The van der Waals surface area contributed by atoms with Crippen LogP contribution in [0.4, 0.5) is 0 Å². The summed E-state index contributed by atoms with van der Waals surface area (Å²) < 4.78 is 2.08. The van der Waals surface area contributed by atoms with Gasteiger partial charge in [-0.15, -0.1) is 0 Å². The lowest BCUT2D eigenvalue weighted by Crippen LogP contribution is -2.43. The van der Waals surface area contributed by atoms with Gasteiger partial charge in [0, 0.05) is 54.5 Å². The van der Waals surface area contributed by atoms with Crippen LogP contribution in [0.2, 0.25) is 0 Å². The molecule has 1 saturated heterocycles. The molecule has 1 aromatic heterocycles. The van der Waals surface area contributed by atoms with Crippen LogP contribution >= 0.6 is 11.8 Å². The van der Waals surface area contributed by atoms with E-state index in [2.05, 4.69) is 16.9 Å². The van der Waals surface area contributed by atoms with Crippen LogP contribution in [0, 0.1) is 0 Å². The molecule has 26 heavy (non-hydrogen) atoms. The third-order valence-electron chi connectivity index (χ3n) is 6.22. The first-order chi connectivity index (χ1) is 12.8. The summed E-state index contributed by atoms with van der Waals surface area (Å²) in [5, 5.41) is 8.66. The first-order valence-electron chi connectivity index (χ1n) is 10.5. The van der Waals surface area contributed by atoms with E-state index in [9.17, 15) is 4.79 Å². The number of amides is 1. The van der Waals surface area contributed by atoms with E-state index in [0.29, 0.717) is 12.1 Å². The van der Waals surface area contributed by atoms with Gasteiger partial charge in [-0.3, -0.25) is 9.48 Å². The lowest BCUT2D eigenvalue weighted by molar-refractivity contribution is 0.0764. The van der Waals surface area contributed by atoms with E-state index in [1.807, 2.05) is 16.7 Å². The molecular weight excluding hydrogens is 344 g/mol. The monoisotopic (exact) mass is 376 g/mol. The van der Waals surface area contributed by atoms with Gasteiger partial charge in [0.2, 0.25) is 0 Å². The molecule has 2 fully saturated rings. The Hall–Kier alpha value is -1.01. The number of aromatic nitrogens is 2. The van der Waals surface area contributed by atoms with Gasteiger partial charge in [-0.05, 0) is 39.0 Å². The molecule has 0 aromatic carbocycles. The molecule has 1 N–H and O–H groups in total. The fourth-order valence-electron chi connectivity index (χ4n) is 4.78. The fourth-order valence-corrected chi connectivity index (χ4v) is 5.69. The number of nitrogens with zero attached hydrogens (tertiary/aromatic N) is 3. The SMILES string of the molecule is CCn1nc(C(=O)N2CCSCC2)c2c1CC[C@@H](NC1CCCCC1)C2. The van der Waals surface area contributed by atoms with Crippen LogP contribution in [0.3, 0.4) is 0 Å². The third kappa shape index (κ3) is 3.81. The number of thioether (sulfide) groups is 1. The zero-order chi connectivity index (χ0) is 17.9. The Morgan fingerprint density at radius 2 is 1.92 bits per heavy atom. The van der Waals surface area contributed by atoms with Crippen molar-refractivity contribution in [3.63, 3.8) is 0 Å². The van der Waals surface area contributed by atoms with E-state index in [-0.39, 0.29) is 5.91 Å². The smallest absolute Gasteiger partial charge is 0.274 e. The summed E-state index contributed by atoms with van der Waals surface area (Å²) in [6, 6.07) is 1.18. The Labute approximate surface area is 161 Å². The topological polar surface area (TPSA) is 50.2 Å². The first-order valence-corrected chi connectivity index (χ1v) is 11.6. The highest BCUT2D eigenvalue weighted by molar-refractivity contribution is 7.99. The molecule has 1 saturated carbocycles. The van der Waals surface area contributed by atoms with Crippen molar-refractivity contribution < 1.29 is 4.79 Å². The van der Waals surface area contributed by atoms with Crippen molar-refractivity contribution in [3.8, 4) is 0 Å². The number of hydrogen-bond acceptors (Lipinski definition) is 4. The summed E-state index contributed by atoms with van der Waals surface area (Å²) in [6.45, 7) is 4.71. The zero-order valence-corrected chi connectivity index (χ0v) is 16.8. The molecule has 0 unspecified atom stereocenters. The molecule has 5 nitrogen and oxygen atoms in total. The summed E-state index contributed by atoms with van der Waals surface area (Å²) in [5.74, 6) is 2.26. The second-order valence-electron chi connectivity index (χ2n) is 7.94. The predicted molar refractivity (Wildman–Crippen MR) is 107 cm³/mol. The Balaban J connectivity index is 1.51. The number of rotatable bonds is 4. The van der Waals surface area contributed by atoms with E-state index in [1.54, 1.807) is 0 Å². The molecule has 0 radical (unpaired) electrons. The van der Waals surface area contributed by atoms with Gasteiger partial charge in [0.15, 0.2) is 5.69 Å². The number of aryl methyl sites for hydroxylation is 1. The van der Waals surface area contributed by atoms with Crippen LogP contribution in [-0.4, -0.2) is 57.3 Å². The predicted octanol–water partition coefficient (Wildman–Crippen LogP) is 2.87. The van der Waals surface area contributed by atoms with Crippen molar-refractivity contribution in [2.75, 3.05) is 24.6 Å². The van der Waals surface area contributed by atoms with Crippen molar-refractivity contribution in [3.05, 3.63) is 17.0 Å². The van der Waals surface area contributed by atoms with Gasteiger partial charge < -0.3 is 10.2 Å². The maximum atomic E-state index is 13.1.